The molecule has 0 aromatic carbocycles. The minimum atomic E-state index is -0.403. The number of hydrogen-bond donors (Lipinski definition) is 2. The molecule has 0 aliphatic rings. The van der Waals surface area contributed by atoms with Gasteiger partial charge < -0.3 is 11.1 Å². The Kier molecular flexibility index (Phi) is 5.02. The summed E-state index contributed by atoms with van der Waals surface area (Å²) in [6.07, 6.45) is 1.54. The summed E-state index contributed by atoms with van der Waals surface area (Å²) >= 11 is 6.37. The number of carbonyl (C=O) groups is 1. The van der Waals surface area contributed by atoms with Crippen LogP contribution < -0.4 is 11.1 Å². The molecular formula is C11H17N3OS2. The fourth-order valence-electron chi connectivity index (χ4n) is 1.41. The molecule has 0 saturated carbocycles. The fraction of sp³-hybridized carbons (Fsp3) is 0.545. The maximum Gasteiger partial charge on any atom is 0.236 e. The first-order valence-corrected chi connectivity index (χ1v) is 6.72. The number of carbonyl (C=O) groups excluding carboxylic acids is 1. The normalized spacial score (nSPS) is 12.2. The van der Waals surface area contributed by atoms with Gasteiger partial charge in [0.1, 0.15) is 0 Å². The van der Waals surface area contributed by atoms with Gasteiger partial charge in [-0.1, -0.05) is 25.6 Å². The number of thiazole rings is 1. The zero-order valence-electron chi connectivity index (χ0n) is 10.2. The number of hydrogen-bond acceptors (Lipinski definition) is 4. The summed E-state index contributed by atoms with van der Waals surface area (Å²) in [5.41, 5.74) is 6.50. The molecule has 94 valence electrons. The zero-order valence-corrected chi connectivity index (χ0v) is 11.9. The average Bonchev–Trinajstić information content (AvgIpc) is 2.53. The summed E-state index contributed by atoms with van der Waals surface area (Å²) in [6.45, 7) is 5.88. The van der Waals surface area contributed by atoms with Crippen LogP contribution in [-0.2, 0) is 4.79 Å². The van der Waals surface area contributed by atoms with Gasteiger partial charge in [0.15, 0.2) is 5.13 Å². The van der Waals surface area contributed by atoms with Gasteiger partial charge >= 0.3 is 0 Å². The summed E-state index contributed by atoms with van der Waals surface area (Å²) in [7, 11) is 0. The molecule has 0 spiro atoms. The molecule has 0 aliphatic carbocycles. The molecule has 0 radical (unpaired) electrons. The molecule has 0 bridgehead atoms. The molecule has 4 nitrogen and oxygen atoms in total. The van der Waals surface area contributed by atoms with Crippen molar-refractivity contribution in [2.75, 3.05) is 5.32 Å². The van der Waals surface area contributed by atoms with Gasteiger partial charge in [-0.2, -0.15) is 0 Å². The molecule has 6 heteroatoms. The van der Waals surface area contributed by atoms with Crippen LogP contribution in [-0.4, -0.2) is 15.9 Å². The van der Waals surface area contributed by atoms with Crippen molar-refractivity contribution < 1.29 is 4.79 Å². The lowest BCUT2D eigenvalue weighted by atomic mass is 10.0. The summed E-state index contributed by atoms with van der Waals surface area (Å²) in [5.74, 6) is -0.562. The van der Waals surface area contributed by atoms with Crippen molar-refractivity contribution in [3.8, 4) is 0 Å². The number of nitrogens with one attached hydrogen (secondary N) is 1. The van der Waals surface area contributed by atoms with Gasteiger partial charge in [0.05, 0.1) is 16.6 Å². The Bertz CT molecular complexity index is 409. The lowest BCUT2D eigenvalue weighted by Crippen LogP contribution is -2.33. The summed E-state index contributed by atoms with van der Waals surface area (Å²) in [4.78, 5) is 17.6. The second kappa shape index (κ2) is 6.07. The van der Waals surface area contributed by atoms with E-state index in [2.05, 4.69) is 10.3 Å². The van der Waals surface area contributed by atoms with E-state index < -0.39 is 5.92 Å². The van der Waals surface area contributed by atoms with Crippen LogP contribution in [0.25, 0.3) is 0 Å². The fourth-order valence-corrected chi connectivity index (χ4v) is 2.45. The van der Waals surface area contributed by atoms with Crippen LogP contribution in [0.1, 0.15) is 30.3 Å². The summed E-state index contributed by atoms with van der Waals surface area (Å²) < 4.78 is 0. The van der Waals surface area contributed by atoms with E-state index in [-0.39, 0.29) is 10.9 Å². The first-order chi connectivity index (χ1) is 7.95. The van der Waals surface area contributed by atoms with Gasteiger partial charge in [-0.15, -0.1) is 11.3 Å². The predicted octanol–water partition coefficient (Wildman–Crippen LogP) is 2.40. The van der Waals surface area contributed by atoms with Crippen LogP contribution in [0.15, 0.2) is 0 Å². The third kappa shape index (κ3) is 3.74. The number of rotatable bonds is 5. The molecule has 1 unspecified atom stereocenters. The number of nitrogens with zero attached hydrogens (tertiary/aromatic N) is 1. The number of aromatic nitrogens is 1. The van der Waals surface area contributed by atoms with Crippen LogP contribution in [0.2, 0.25) is 0 Å². The lowest BCUT2D eigenvalue weighted by Gasteiger charge is -2.12. The maximum atomic E-state index is 12.0. The van der Waals surface area contributed by atoms with Crippen molar-refractivity contribution in [2.45, 2.75) is 33.6 Å². The highest BCUT2D eigenvalue weighted by molar-refractivity contribution is 7.80. The van der Waals surface area contributed by atoms with Crippen LogP contribution in [0.4, 0.5) is 5.13 Å². The van der Waals surface area contributed by atoms with Gasteiger partial charge in [0.25, 0.3) is 0 Å². The number of amides is 1. The van der Waals surface area contributed by atoms with Crippen LogP contribution in [0.5, 0.6) is 0 Å². The second-order valence-electron chi connectivity index (χ2n) is 3.89. The quantitative estimate of drug-likeness (QED) is 0.807. The molecule has 0 saturated heterocycles. The highest BCUT2D eigenvalue weighted by Gasteiger charge is 2.21. The second-order valence-corrected chi connectivity index (χ2v) is 5.57. The molecule has 1 atom stereocenters. The van der Waals surface area contributed by atoms with Crippen LogP contribution in [0, 0.1) is 19.8 Å². The van der Waals surface area contributed by atoms with Crippen molar-refractivity contribution in [1.29, 1.82) is 0 Å². The zero-order chi connectivity index (χ0) is 13.0. The monoisotopic (exact) mass is 271 g/mol. The van der Waals surface area contributed by atoms with E-state index in [9.17, 15) is 4.79 Å². The molecule has 3 N–H and O–H groups in total. The van der Waals surface area contributed by atoms with E-state index in [1.54, 1.807) is 0 Å². The largest absolute Gasteiger partial charge is 0.393 e. The van der Waals surface area contributed by atoms with E-state index in [4.69, 9.17) is 18.0 Å². The smallest absolute Gasteiger partial charge is 0.236 e. The van der Waals surface area contributed by atoms with E-state index in [0.717, 1.165) is 17.0 Å². The van der Waals surface area contributed by atoms with Gasteiger partial charge in [0, 0.05) is 4.88 Å². The van der Waals surface area contributed by atoms with Crippen molar-refractivity contribution in [1.82, 2.24) is 4.98 Å². The Hall–Kier alpha value is -1.01. The third-order valence-electron chi connectivity index (χ3n) is 2.50. The first-order valence-electron chi connectivity index (χ1n) is 5.50. The van der Waals surface area contributed by atoms with E-state index in [1.165, 1.54) is 11.3 Å². The summed E-state index contributed by atoms with van der Waals surface area (Å²) in [6, 6.07) is 0. The minimum absolute atomic E-state index is 0.159. The molecule has 1 heterocycles. The van der Waals surface area contributed by atoms with Crippen molar-refractivity contribution in [3.63, 3.8) is 0 Å². The Morgan fingerprint density at radius 3 is 2.65 bits per heavy atom. The topological polar surface area (TPSA) is 68.0 Å². The van der Waals surface area contributed by atoms with Crippen molar-refractivity contribution >= 4 is 39.6 Å². The van der Waals surface area contributed by atoms with Gasteiger partial charge in [-0.05, 0) is 20.3 Å². The first kappa shape index (κ1) is 14.1. The van der Waals surface area contributed by atoms with E-state index in [1.807, 2.05) is 20.8 Å². The van der Waals surface area contributed by atoms with Gasteiger partial charge in [-0.3, -0.25) is 4.79 Å². The minimum Gasteiger partial charge on any atom is -0.393 e. The highest BCUT2D eigenvalue weighted by Crippen LogP contribution is 2.22. The van der Waals surface area contributed by atoms with Crippen molar-refractivity contribution in [2.24, 2.45) is 11.7 Å². The number of thiocarbonyl (C=S) groups is 1. The average molecular weight is 271 g/mol. The highest BCUT2D eigenvalue weighted by atomic mass is 32.1. The number of nitrogens with two attached hydrogens (primary N) is 1. The Morgan fingerprint density at radius 1 is 1.59 bits per heavy atom. The number of aryl methyl sites for hydroxylation is 2. The molecular weight excluding hydrogens is 254 g/mol. The predicted molar refractivity (Wildman–Crippen MR) is 75.4 cm³/mol. The Balaban J connectivity index is 2.73. The van der Waals surface area contributed by atoms with E-state index in [0.29, 0.717) is 11.6 Å². The number of anilines is 1. The SMILES string of the molecule is CCCC(C(=O)Nc1nc(C)c(C)s1)C(N)=S. The standard InChI is InChI=1S/C11H17N3OS2/c1-4-5-8(9(12)16)10(15)14-11-13-6(2)7(3)17-11/h8H,4-5H2,1-3H3,(H2,12,16)(H,13,14,15). The van der Waals surface area contributed by atoms with E-state index >= 15 is 0 Å². The molecule has 1 aromatic rings. The molecule has 1 rings (SSSR count). The molecule has 0 fully saturated rings. The Labute approximate surface area is 111 Å². The molecule has 0 aliphatic heterocycles. The molecule has 1 amide bonds. The third-order valence-corrected chi connectivity index (χ3v) is 3.77. The molecule has 17 heavy (non-hydrogen) atoms. The van der Waals surface area contributed by atoms with Gasteiger partial charge in [0.2, 0.25) is 5.91 Å². The van der Waals surface area contributed by atoms with Crippen LogP contribution in [0.3, 0.4) is 0 Å². The van der Waals surface area contributed by atoms with Crippen molar-refractivity contribution in [3.05, 3.63) is 10.6 Å². The van der Waals surface area contributed by atoms with Gasteiger partial charge in [-0.25, -0.2) is 4.98 Å². The Morgan fingerprint density at radius 2 is 2.24 bits per heavy atom. The lowest BCUT2D eigenvalue weighted by molar-refractivity contribution is -0.118. The van der Waals surface area contributed by atoms with Crippen LogP contribution >= 0.6 is 23.6 Å². The maximum absolute atomic E-state index is 12.0. The molecule has 1 aromatic heterocycles. The summed E-state index contributed by atoms with van der Waals surface area (Å²) in [5, 5.41) is 3.38.